The molecule has 1 saturated heterocycles. The Kier molecular flexibility index (Phi) is 5.07. The number of fused-ring (bicyclic) bond motifs is 3. The number of benzene rings is 1. The summed E-state index contributed by atoms with van der Waals surface area (Å²) in [6.07, 6.45) is -0.307. The highest BCUT2D eigenvalue weighted by Crippen LogP contribution is 2.41. The molecule has 4 rings (SSSR count). The van der Waals surface area contributed by atoms with Crippen LogP contribution in [0.25, 0.3) is 5.57 Å². The number of ether oxygens (including phenoxy) is 2. The molecular formula is C22H29N5O4. The smallest absolute Gasteiger partial charge is 0.410 e. The fourth-order valence-electron chi connectivity index (χ4n) is 3.81. The lowest BCUT2D eigenvalue weighted by molar-refractivity contribution is -0.122. The second kappa shape index (κ2) is 7.47. The molecule has 0 radical (unpaired) electrons. The fraction of sp³-hybridized carbons (Fsp3) is 0.500. The molecule has 0 saturated carbocycles. The molecule has 3 aliphatic rings. The molecule has 9 heteroatoms. The Morgan fingerprint density at radius 3 is 2.71 bits per heavy atom. The molecule has 0 aromatic heterocycles. The van der Waals surface area contributed by atoms with Crippen LogP contribution in [0.4, 0.5) is 16.2 Å². The van der Waals surface area contributed by atoms with Crippen LogP contribution in [-0.4, -0.2) is 60.1 Å². The Morgan fingerprint density at radius 2 is 2.06 bits per heavy atom. The lowest BCUT2D eigenvalue weighted by Gasteiger charge is -2.41. The van der Waals surface area contributed by atoms with E-state index in [-0.39, 0.29) is 24.6 Å². The first-order chi connectivity index (χ1) is 14.5. The van der Waals surface area contributed by atoms with Gasteiger partial charge in [-0.25, -0.2) is 10.2 Å². The number of hydrazone groups is 1. The van der Waals surface area contributed by atoms with E-state index in [1.165, 1.54) is 0 Å². The number of carbonyl (C=O) groups is 2. The van der Waals surface area contributed by atoms with Gasteiger partial charge in [-0.1, -0.05) is 6.58 Å². The van der Waals surface area contributed by atoms with Gasteiger partial charge in [-0.2, -0.15) is 5.10 Å². The van der Waals surface area contributed by atoms with Gasteiger partial charge in [0.1, 0.15) is 24.0 Å². The van der Waals surface area contributed by atoms with Gasteiger partial charge >= 0.3 is 6.09 Å². The van der Waals surface area contributed by atoms with Crippen LogP contribution in [0, 0.1) is 0 Å². The largest absolute Gasteiger partial charge is 0.483 e. The van der Waals surface area contributed by atoms with Crippen molar-refractivity contribution in [1.82, 2.24) is 10.3 Å². The molecule has 0 bridgehead atoms. The monoisotopic (exact) mass is 427 g/mol. The molecule has 2 amide bonds. The van der Waals surface area contributed by atoms with Gasteiger partial charge in [0.05, 0.1) is 11.7 Å². The van der Waals surface area contributed by atoms with Crippen LogP contribution < -0.4 is 20.4 Å². The summed E-state index contributed by atoms with van der Waals surface area (Å²) in [5.41, 5.74) is 5.50. The summed E-state index contributed by atoms with van der Waals surface area (Å²) in [6.45, 7) is 14.8. The summed E-state index contributed by atoms with van der Waals surface area (Å²) in [4.78, 5) is 28.0. The maximum Gasteiger partial charge on any atom is 0.410 e. The third-order valence-corrected chi connectivity index (χ3v) is 5.41. The lowest BCUT2D eigenvalue weighted by Crippen LogP contribution is -2.58. The second-order valence-corrected chi connectivity index (χ2v) is 9.21. The van der Waals surface area contributed by atoms with E-state index in [0.29, 0.717) is 24.7 Å². The molecule has 0 spiro atoms. The lowest BCUT2D eigenvalue weighted by atomic mass is 10.0. The number of allylic oxidation sites excluding steroid dienone is 1. The van der Waals surface area contributed by atoms with Gasteiger partial charge in [-0.15, -0.1) is 0 Å². The van der Waals surface area contributed by atoms with Gasteiger partial charge in [0.25, 0.3) is 5.91 Å². The first-order valence-electron chi connectivity index (χ1n) is 10.4. The zero-order valence-corrected chi connectivity index (χ0v) is 18.6. The molecule has 166 valence electrons. The highest BCUT2D eigenvalue weighted by Gasteiger charge is 2.37. The topological polar surface area (TPSA) is 95.5 Å². The first kappa shape index (κ1) is 21.0. The van der Waals surface area contributed by atoms with Crippen molar-refractivity contribution in [2.24, 2.45) is 5.10 Å². The van der Waals surface area contributed by atoms with Gasteiger partial charge in [-0.05, 0) is 52.3 Å². The van der Waals surface area contributed by atoms with Crippen molar-refractivity contribution in [1.29, 1.82) is 0 Å². The van der Waals surface area contributed by atoms with Gasteiger partial charge in [0.15, 0.2) is 5.84 Å². The number of amides is 2. The zero-order valence-electron chi connectivity index (χ0n) is 18.6. The molecule has 1 atom stereocenters. The average Bonchev–Trinajstić information content (AvgIpc) is 2.64. The normalized spacial score (nSPS) is 20.5. The van der Waals surface area contributed by atoms with Gasteiger partial charge in [-0.3, -0.25) is 4.79 Å². The molecule has 3 aliphatic heterocycles. The van der Waals surface area contributed by atoms with E-state index in [0.717, 1.165) is 22.5 Å². The van der Waals surface area contributed by atoms with Crippen LogP contribution in [0.3, 0.4) is 0 Å². The third-order valence-electron chi connectivity index (χ3n) is 5.41. The molecule has 31 heavy (non-hydrogen) atoms. The van der Waals surface area contributed by atoms with E-state index in [2.05, 4.69) is 22.4 Å². The predicted molar refractivity (Wildman–Crippen MR) is 119 cm³/mol. The van der Waals surface area contributed by atoms with Crippen molar-refractivity contribution in [2.75, 3.05) is 29.9 Å². The number of hydrogen-bond donors (Lipinski definition) is 2. The Bertz CT molecular complexity index is 975. The van der Waals surface area contributed by atoms with Gasteiger partial charge in [0.2, 0.25) is 0 Å². The van der Waals surface area contributed by atoms with Crippen LogP contribution in [-0.2, 0) is 9.53 Å². The van der Waals surface area contributed by atoms with E-state index >= 15 is 0 Å². The maximum atomic E-state index is 12.2. The first-order valence-corrected chi connectivity index (χ1v) is 10.4. The Labute approximate surface area is 182 Å². The van der Waals surface area contributed by atoms with Gasteiger partial charge in [0, 0.05) is 24.3 Å². The number of carbonyl (C=O) groups excluding carboxylic acids is 2. The molecule has 1 aromatic carbocycles. The fourth-order valence-corrected chi connectivity index (χ4v) is 3.81. The number of nitrogens with one attached hydrogen (secondary N) is 2. The van der Waals surface area contributed by atoms with Crippen LogP contribution in [0.15, 0.2) is 23.8 Å². The SMILES string of the molecule is C=C(C)c1cc2c(cc1NC1CN(C(=O)OC(C)(C)C)C1)N1C(=NNC(=O)C1C)CO2. The Hall–Kier alpha value is -3.23. The maximum absolute atomic E-state index is 12.2. The summed E-state index contributed by atoms with van der Waals surface area (Å²) in [6, 6.07) is 3.60. The van der Waals surface area contributed by atoms with E-state index in [9.17, 15) is 9.59 Å². The van der Waals surface area contributed by atoms with E-state index < -0.39 is 11.6 Å². The molecule has 9 nitrogen and oxygen atoms in total. The molecule has 1 aromatic rings. The minimum absolute atomic E-state index is 0.0865. The summed E-state index contributed by atoms with van der Waals surface area (Å²) in [5.74, 6) is 1.18. The summed E-state index contributed by atoms with van der Waals surface area (Å²) < 4.78 is 11.3. The molecule has 3 heterocycles. The van der Waals surface area contributed by atoms with Crippen LogP contribution >= 0.6 is 0 Å². The summed E-state index contributed by atoms with van der Waals surface area (Å²) in [5, 5.41) is 7.65. The predicted octanol–water partition coefficient (Wildman–Crippen LogP) is 2.78. The highest BCUT2D eigenvalue weighted by atomic mass is 16.6. The van der Waals surface area contributed by atoms with Crippen molar-refractivity contribution in [3.8, 4) is 5.75 Å². The molecule has 1 fully saturated rings. The minimum atomic E-state index is -0.516. The summed E-state index contributed by atoms with van der Waals surface area (Å²) >= 11 is 0. The molecule has 2 N–H and O–H groups in total. The standard InChI is InChI=1S/C22H29N5O4/c1-12(2)15-7-18-17(27-13(3)20(28)25-24-19(27)11-30-18)8-16(15)23-14-9-26(10-14)21(29)31-22(4,5)6/h7-8,13-14,23H,1,9-11H2,2-6H3,(H,25,28). The molecule has 1 unspecified atom stereocenters. The molecule has 0 aliphatic carbocycles. The number of hydrogen-bond acceptors (Lipinski definition) is 7. The number of likely N-dealkylation sites (tertiary alicyclic amines) is 1. The van der Waals surface area contributed by atoms with Crippen LogP contribution in [0.1, 0.15) is 40.2 Å². The minimum Gasteiger partial charge on any atom is -0.483 e. The Balaban J connectivity index is 1.56. The average molecular weight is 428 g/mol. The molecular weight excluding hydrogens is 398 g/mol. The van der Waals surface area contributed by atoms with Crippen LogP contribution in [0.2, 0.25) is 0 Å². The number of nitrogens with zero attached hydrogens (tertiary/aromatic N) is 3. The van der Waals surface area contributed by atoms with Crippen molar-refractivity contribution < 1.29 is 19.1 Å². The number of amidine groups is 1. The van der Waals surface area contributed by atoms with Crippen LogP contribution in [0.5, 0.6) is 5.75 Å². The number of anilines is 2. The van der Waals surface area contributed by atoms with Crippen molar-refractivity contribution in [3.05, 3.63) is 24.3 Å². The third kappa shape index (κ3) is 4.04. The van der Waals surface area contributed by atoms with E-state index in [1.807, 2.05) is 51.7 Å². The summed E-state index contributed by atoms with van der Waals surface area (Å²) in [7, 11) is 0. The second-order valence-electron chi connectivity index (χ2n) is 9.21. The zero-order chi connectivity index (χ0) is 22.5. The van der Waals surface area contributed by atoms with Gasteiger partial charge < -0.3 is 24.6 Å². The van der Waals surface area contributed by atoms with E-state index in [4.69, 9.17) is 9.47 Å². The quantitative estimate of drug-likeness (QED) is 0.770. The Morgan fingerprint density at radius 1 is 1.35 bits per heavy atom. The van der Waals surface area contributed by atoms with Crippen molar-refractivity contribution in [3.63, 3.8) is 0 Å². The van der Waals surface area contributed by atoms with Crippen molar-refractivity contribution in [2.45, 2.75) is 52.3 Å². The van der Waals surface area contributed by atoms with E-state index in [1.54, 1.807) is 4.90 Å². The highest BCUT2D eigenvalue weighted by molar-refractivity contribution is 6.09. The number of rotatable bonds is 3. The van der Waals surface area contributed by atoms with Crippen molar-refractivity contribution >= 4 is 34.8 Å².